The molecule has 8 heteroatoms. The van der Waals surface area contributed by atoms with Gasteiger partial charge in [0.25, 0.3) is 0 Å². The summed E-state index contributed by atoms with van der Waals surface area (Å²) in [6.07, 6.45) is 0. The number of hydrogen-bond acceptors (Lipinski definition) is 4. The molecule has 2 heterocycles. The molecule has 2 aliphatic rings. The highest BCUT2D eigenvalue weighted by Crippen LogP contribution is 2.35. The van der Waals surface area contributed by atoms with Crippen molar-refractivity contribution in [2.75, 3.05) is 13.1 Å². The molecule has 2 fully saturated rings. The van der Waals surface area contributed by atoms with E-state index in [2.05, 4.69) is 5.32 Å². The second-order valence-corrected chi connectivity index (χ2v) is 8.51. The number of amides is 5. The van der Waals surface area contributed by atoms with E-state index in [0.717, 1.165) is 5.56 Å². The number of fused-ring (bicyclic) bond motifs is 1. The van der Waals surface area contributed by atoms with Crippen molar-refractivity contribution in [1.82, 2.24) is 15.1 Å². The predicted molar refractivity (Wildman–Crippen MR) is 102 cm³/mol. The Balaban J connectivity index is 1.72. The molecule has 0 spiro atoms. The molecule has 3 rings (SSSR count). The molecule has 2 aliphatic heterocycles. The summed E-state index contributed by atoms with van der Waals surface area (Å²) in [6, 6.07) is 7.73. The average Bonchev–Trinajstić information content (AvgIpc) is 3.15. The van der Waals surface area contributed by atoms with Crippen LogP contribution in [0.5, 0.6) is 0 Å². The van der Waals surface area contributed by atoms with E-state index in [1.807, 2.05) is 51.1 Å². The largest absolute Gasteiger partial charge is 0.352 e. The molecule has 28 heavy (non-hydrogen) atoms. The summed E-state index contributed by atoms with van der Waals surface area (Å²) in [5, 5.41) is 2.49. The highest BCUT2D eigenvalue weighted by atomic mass is 16.2. The first kappa shape index (κ1) is 19.9. The summed E-state index contributed by atoms with van der Waals surface area (Å²) in [5.74, 6) is -1.88. The molecule has 0 bridgehead atoms. The maximum Gasteiger partial charge on any atom is 0.312 e. The Bertz CT molecular complexity index is 778. The van der Waals surface area contributed by atoms with Crippen molar-refractivity contribution in [3.63, 3.8) is 0 Å². The van der Waals surface area contributed by atoms with Crippen molar-refractivity contribution in [3.8, 4) is 0 Å². The van der Waals surface area contributed by atoms with Crippen molar-refractivity contribution in [2.24, 2.45) is 23.0 Å². The van der Waals surface area contributed by atoms with Gasteiger partial charge in [0.05, 0.1) is 18.4 Å². The lowest BCUT2D eigenvalue weighted by molar-refractivity contribution is -0.142. The molecule has 0 aromatic heterocycles. The summed E-state index contributed by atoms with van der Waals surface area (Å²) in [6.45, 7) is 6.05. The van der Waals surface area contributed by atoms with Gasteiger partial charge in [0.1, 0.15) is 6.04 Å². The van der Waals surface area contributed by atoms with E-state index < -0.39 is 29.3 Å². The highest BCUT2D eigenvalue weighted by Gasteiger charge is 2.54. The van der Waals surface area contributed by atoms with E-state index in [0.29, 0.717) is 0 Å². The molecule has 1 aromatic carbocycles. The van der Waals surface area contributed by atoms with Crippen molar-refractivity contribution in [1.29, 1.82) is 0 Å². The number of nitrogens with one attached hydrogen (secondary N) is 1. The van der Waals surface area contributed by atoms with Crippen LogP contribution in [0.25, 0.3) is 0 Å². The standard InChI is InChI=1S/C20H26N4O4/c1-20(2,3)15(22-19(21)28)18(27)23-10-13-14(11-23)17(26)24(16(13)25)9-12-7-5-4-6-8-12/h4-8,13-15H,9-11H2,1-3H3,(H3,21,22,28)/t13-,14+,15?. The molecule has 1 unspecified atom stereocenters. The first-order chi connectivity index (χ1) is 13.1. The predicted octanol–water partition coefficient (Wildman–Crippen LogP) is 0.713. The zero-order valence-corrected chi connectivity index (χ0v) is 16.3. The van der Waals surface area contributed by atoms with E-state index in [4.69, 9.17) is 5.73 Å². The minimum atomic E-state index is -0.825. The maximum atomic E-state index is 13.0. The first-order valence-corrected chi connectivity index (χ1v) is 9.33. The Labute approximate surface area is 164 Å². The molecule has 1 aromatic rings. The first-order valence-electron chi connectivity index (χ1n) is 9.33. The van der Waals surface area contributed by atoms with Gasteiger partial charge in [-0.1, -0.05) is 51.1 Å². The van der Waals surface area contributed by atoms with E-state index in [1.54, 1.807) is 0 Å². The van der Waals surface area contributed by atoms with Gasteiger partial charge in [0.15, 0.2) is 0 Å². The zero-order valence-electron chi connectivity index (χ0n) is 16.3. The number of rotatable bonds is 4. The Morgan fingerprint density at radius 3 is 2.11 bits per heavy atom. The van der Waals surface area contributed by atoms with Crippen LogP contribution >= 0.6 is 0 Å². The van der Waals surface area contributed by atoms with Crippen LogP contribution in [0.1, 0.15) is 26.3 Å². The maximum absolute atomic E-state index is 13.0. The number of likely N-dealkylation sites (tertiary alicyclic amines) is 2. The highest BCUT2D eigenvalue weighted by molar-refractivity contribution is 6.06. The van der Waals surface area contributed by atoms with Gasteiger partial charge in [-0.25, -0.2) is 4.79 Å². The third kappa shape index (κ3) is 3.72. The normalized spacial score (nSPS) is 23.0. The molecule has 0 aliphatic carbocycles. The average molecular weight is 386 g/mol. The lowest BCUT2D eigenvalue weighted by Crippen LogP contribution is -2.56. The van der Waals surface area contributed by atoms with Gasteiger partial charge < -0.3 is 16.0 Å². The number of carbonyl (C=O) groups is 4. The number of benzene rings is 1. The number of imide groups is 1. The summed E-state index contributed by atoms with van der Waals surface area (Å²) in [5.41, 5.74) is 5.54. The lowest BCUT2D eigenvalue weighted by Gasteiger charge is -2.33. The second kappa shape index (κ2) is 7.26. The Morgan fingerprint density at radius 1 is 1.11 bits per heavy atom. The molecule has 5 amide bonds. The molecule has 3 N–H and O–H groups in total. The van der Waals surface area contributed by atoms with Crippen LogP contribution in [0.3, 0.4) is 0 Å². The Kier molecular flexibility index (Phi) is 5.14. The van der Waals surface area contributed by atoms with Gasteiger partial charge >= 0.3 is 6.03 Å². The summed E-state index contributed by atoms with van der Waals surface area (Å²) < 4.78 is 0. The van der Waals surface area contributed by atoms with Gasteiger partial charge in [0, 0.05) is 13.1 Å². The molecular weight excluding hydrogens is 360 g/mol. The van der Waals surface area contributed by atoms with Crippen LogP contribution in [0, 0.1) is 17.3 Å². The quantitative estimate of drug-likeness (QED) is 0.742. The van der Waals surface area contributed by atoms with Gasteiger partial charge in [-0.3, -0.25) is 19.3 Å². The van der Waals surface area contributed by atoms with E-state index >= 15 is 0 Å². The van der Waals surface area contributed by atoms with Gasteiger partial charge in [-0.05, 0) is 11.0 Å². The smallest absolute Gasteiger partial charge is 0.312 e. The third-order valence-electron chi connectivity index (χ3n) is 5.38. The SMILES string of the molecule is CC(C)(C)C(NC(N)=O)C(=O)N1C[C@@H]2C(=O)N(Cc3ccccc3)C(=O)[C@@H]2C1. The van der Waals surface area contributed by atoms with Gasteiger partial charge in [-0.2, -0.15) is 0 Å². The summed E-state index contributed by atoms with van der Waals surface area (Å²) in [7, 11) is 0. The topological polar surface area (TPSA) is 113 Å². The Morgan fingerprint density at radius 2 is 1.64 bits per heavy atom. The van der Waals surface area contributed by atoms with Crippen LogP contribution in [0.2, 0.25) is 0 Å². The van der Waals surface area contributed by atoms with Crippen LogP contribution < -0.4 is 11.1 Å². The van der Waals surface area contributed by atoms with Crippen LogP contribution in [0.4, 0.5) is 4.79 Å². The number of primary amides is 1. The van der Waals surface area contributed by atoms with E-state index in [9.17, 15) is 19.2 Å². The lowest BCUT2D eigenvalue weighted by atomic mass is 9.86. The molecular formula is C20H26N4O4. The number of nitrogens with two attached hydrogens (primary N) is 1. The van der Waals surface area contributed by atoms with Gasteiger partial charge in [0.2, 0.25) is 17.7 Å². The van der Waals surface area contributed by atoms with Crippen LogP contribution in [-0.4, -0.2) is 52.7 Å². The number of urea groups is 1. The molecule has 0 saturated carbocycles. The van der Waals surface area contributed by atoms with E-state index in [1.165, 1.54) is 9.80 Å². The fourth-order valence-corrected chi connectivity index (χ4v) is 3.89. The number of carbonyl (C=O) groups excluding carboxylic acids is 4. The van der Waals surface area contributed by atoms with Crippen molar-refractivity contribution in [3.05, 3.63) is 35.9 Å². The molecule has 2 saturated heterocycles. The molecule has 150 valence electrons. The molecule has 3 atom stereocenters. The second-order valence-electron chi connectivity index (χ2n) is 8.51. The monoisotopic (exact) mass is 386 g/mol. The minimum absolute atomic E-state index is 0.173. The van der Waals surface area contributed by atoms with Crippen molar-refractivity contribution in [2.45, 2.75) is 33.4 Å². The zero-order chi connectivity index (χ0) is 20.6. The fourth-order valence-electron chi connectivity index (χ4n) is 3.89. The number of nitrogens with zero attached hydrogens (tertiary/aromatic N) is 2. The molecule has 8 nitrogen and oxygen atoms in total. The molecule has 0 radical (unpaired) electrons. The van der Waals surface area contributed by atoms with Crippen molar-refractivity contribution < 1.29 is 19.2 Å². The summed E-state index contributed by atoms with van der Waals surface area (Å²) in [4.78, 5) is 52.6. The van der Waals surface area contributed by atoms with Crippen molar-refractivity contribution >= 4 is 23.8 Å². The number of hydrogen-bond donors (Lipinski definition) is 2. The van der Waals surface area contributed by atoms with Gasteiger partial charge in [-0.15, -0.1) is 0 Å². The third-order valence-corrected chi connectivity index (χ3v) is 5.38. The fraction of sp³-hybridized carbons (Fsp3) is 0.500. The minimum Gasteiger partial charge on any atom is -0.352 e. The van der Waals surface area contributed by atoms with Crippen LogP contribution in [0.15, 0.2) is 30.3 Å². The van der Waals surface area contributed by atoms with E-state index in [-0.39, 0.29) is 37.4 Å². The Hall–Kier alpha value is -2.90. The van der Waals surface area contributed by atoms with Crippen LogP contribution in [-0.2, 0) is 20.9 Å². The summed E-state index contributed by atoms with van der Waals surface area (Å²) >= 11 is 0.